The second-order valence-corrected chi connectivity index (χ2v) is 10.4. The number of anilines is 1. The van der Waals surface area contributed by atoms with Crippen molar-refractivity contribution in [3.05, 3.63) is 57.7 Å². The summed E-state index contributed by atoms with van der Waals surface area (Å²) in [5.74, 6) is -0.0222. The van der Waals surface area contributed by atoms with E-state index in [-0.39, 0.29) is 15.7 Å². The molecule has 1 amide bonds. The van der Waals surface area contributed by atoms with Crippen LogP contribution in [0, 0.1) is 0 Å². The molecule has 1 N–H and O–H groups in total. The van der Waals surface area contributed by atoms with Gasteiger partial charge in [-0.1, -0.05) is 18.3 Å². The van der Waals surface area contributed by atoms with Crippen molar-refractivity contribution in [2.45, 2.75) is 44.0 Å². The van der Waals surface area contributed by atoms with Crippen molar-refractivity contribution in [2.24, 2.45) is 0 Å². The minimum absolute atomic E-state index is 0.0222. The predicted octanol–water partition coefficient (Wildman–Crippen LogP) is 3.90. The highest BCUT2D eigenvalue weighted by molar-refractivity contribution is 7.92. The van der Waals surface area contributed by atoms with Crippen molar-refractivity contribution in [1.29, 1.82) is 0 Å². The van der Waals surface area contributed by atoms with E-state index in [9.17, 15) is 18.0 Å². The molecule has 0 atom stereocenters. The maximum atomic E-state index is 12.9. The van der Waals surface area contributed by atoms with Gasteiger partial charge in [-0.15, -0.1) is 0 Å². The number of likely N-dealkylation sites (tertiary alicyclic amines) is 1. The number of fused-ring (bicyclic) bond motifs is 1. The molecule has 0 radical (unpaired) electrons. The predicted molar refractivity (Wildman–Crippen MR) is 123 cm³/mol. The summed E-state index contributed by atoms with van der Waals surface area (Å²) in [4.78, 5) is 26.6. The maximum Gasteiger partial charge on any atom is 0.308 e. The van der Waals surface area contributed by atoms with Crippen LogP contribution in [0.15, 0.2) is 52.2 Å². The minimum Gasteiger partial charge on any atom is -0.339 e. The Morgan fingerprint density at radius 1 is 1.06 bits per heavy atom. The summed E-state index contributed by atoms with van der Waals surface area (Å²) in [6.45, 7) is 4.12. The number of sulfonamides is 1. The molecule has 0 spiro atoms. The van der Waals surface area contributed by atoms with E-state index in [1.54, 1.807) is 34.9 Å². The zero-order valence-electron chi connectivity index (χ0n) is 17.3. The molecule has 164 valence electrons. The first-order valence-electron chi connectivity index (χ1n) is 10.4. The normalized spacial score (nSPS) is 14.7. The Labute approximate surface area is 185 Å². The Balaban J connectivity index is 1.53. The van der Waals surface area contributed by atoms with Crippen molar-refractivity contribution in [1.82, 2.24) is 9.47 Å². The number of nitrogens with zero attached hydrogens (tertiary/aromatic N) is 2. The van der Waals surface area contributed by atoms with Crippen molar-refractivity contribution in [2.75, 3.05) is 17.8 Å². The van der Waals surface area contributed by atoms with Crippen molar-refractivity contribution in [3.63, 3.8) is 0 Å². The summed E-state index contributed by atoms with van der Waals surface area (Å²) in [6.07, 6.45) is 4.01. The van der Waals surface area contributed by atoms with E-state index in [0.29, 0.717) is 22.5 Å². The average Bonchev–Trinajstić information content (AvgIpc) is 3.09. The van der Waals surface area contributed by atoms with E-state index in [0.717, 1.165) is 55.6 Å². The molecular formula is C22H25N3O4S2. The molecule has 0 bridgehead atoms. The second kappa shape index (κ2) is 8.84. The number of hydrogen-bond donors (Lipinski definition) is 1. The number of carbonyl (C=O) groups is 1. The summed E-state index contributed by atoms with van der Waals surface area (Å²) in [7, 11) is -3.82. The van der Waals surface area contributed by atoms with E-state index in [1.165, 1.54) is 12.1 Å². The molecule has 2 heterocycles. The summed E-state index contributed by atoms with van der Waals surface area (Å²) >= 11 is 1.05. The SMILES string of the molecule is CCCn1c(=O)sc2cc(S(=O)(=O)Nc3ccc(C(=O)N4CCCCC4)cc3)ccc21. The van der Waals surface area contributed by atoms with Crippen LogP contribution in [0.5, 0.6) is 0 Å². The Bertz CT molecular complexity index is 1250. The van der Waals surface area contributed by atoms with Gasteiger partial charge in [0.2, 0.25) is 0 Å². The standard InChI is InChI=1S/C22H25N3O4S2/c1-2-12-25-19-11-10-18(15-20(19)30-22(25)27)31(28,29)23-17-8-6-16(7-9-17)21(26)24-13-4-3-5-14-24/h6-11,15,23H,2-5,12-14H2,1H3. The molecule has 1 saturated heterocycles. The fraction of sp³-hybridized carbons (Fsp3) is 0.364. The van der Waals surface area contributed by atoms with Gasteiger partial charge in [-0.25, -0.2) is 8.42 Å². The van der Waals surface area contributed by atoms with Gasteiger partial charge in [-0.05, 0) is 68.1 Å². The molecular weight excluding hydrogens is 434 g/mol. The lowest BCUT2D eigenvalue weighted by atomic mass is 10.1. The number of carbonyl (C=O) groups excluding carboxylic acids is 1. The second-order valence-electron chi connectivity index (χ2n) is 7.68. The van der Waals surface area contributed by atoms with Crippen LogP contribution in [0.4, 0.5) is 5.69 Å². The largest absolute Gasteiger partial charge is 0.339 e. The van der Waals surface area contributed by atoms with E-state index < -0.39 is 10.0 Å². The van der Waals surface area contributed by atoms with E-state index in [2.05, 4.69) is 4.72 Å². The lowest BCUT2D eigenvalue weighted by molar-refractivity contribution is 0.0724. The molecule has 1 aliphatic rings. The number of piperidine rings is 1. The fourth-order valence-electron chi connectivity index (χ4n) is 3.82. The maximum absolute atomic E-state index is 12.9. The van der Waals surface area contributed by atoms with Gasteiger partial charge in [0.25, 0.3) is 15.9 Å². The molecule has 1 fully saturated rings. The van der Waals surface area contributed by atoms with Gasteiger partial charge in [0.15, 0.2) is 0 Å². The number of thiazole rings is 1. The van der Waals surface area contributed by atoms with E-state index in [1.807, 2.05) is 11.8 Å². The molecule has 7 nitrogen and oxygen atoms in total. The van der Waals surface area contributed by atoms with Crippen LogP contribution in [0.1, 0.15) is 43.0 Å². The third-order valence-corrected chi connectivity index (χ3v) is 7.75. The summed E-state index contributed by atoms with van der Waals surface area (Å²) in [5, 5.41) is 0. The Morgan fingerprint density at radius 3 is 2.45 bits per heavy atom. The summed E-state index contributed by atoms with van der Waals surface area (Å²) < 4.78 is 30.6. The van der Waals surface area contributed by atoms with Gasteiger partial charge < -0.3 is 4.90 Å². The van der Waals surface area contributed by atoms with Crippen molar-refractivity contribution < 1.29 is 13.2 Å². The van der Waals surface area contributed by atoms with Crippen molar-refractivity contribution in [3.8, 4) is 0 Å². The molecule has 1 aliphatic heterocycles. The van der Waals surface area contributed by atoms with Crippen LogP contribution in [0.25, 0.3) is 10.2 Å². The van der Waals surface area contributed by atoms with Gasteiger partial charge in [-0.3, -0.25) is 18.9 Å². The van der Waals surface area contributed by atoms with E-state index >= 15 is 0 Å². The van der Waals surface area contributed by atoms with Crippen LogP contribution < -0.4 is 9.60 Å². The zero-order valence-corrected chi connectivity index (χ0v) is 19.0. The highest BCUT2D eigenvalue weighted by atomic mass is 32.2. The zero-order chi connectivity index (χ0) is 22.0. The average molecular weight is 460 g/mol. The van der Waals surface area contributed by atoms with Gasteiger partial charge in [0.05, 0.1) is 15.1 Å². The summed E-state index contributed by atoms with van der Waals surface area (Å²) in [6, 6.07) is 11.2. The first-order chi connectivity index (χ1) is 14.9. The number of aryl methyl sites for hydroxylation is 1. The third kappa shape index (κ3) is 4.52. The van der Waals surface area contributed by atoms with Gasteiger partial charge in [0.1, 0.15) is 0 Å². The van der Waals surface area contributed by atoms with E-state index in [4.69, 9.17) is 0 Å². The third-order valence-electron chi connectivity index (χ3n) is 5.42. The van der Waals surface area contributed by atoms with Gasteiger partial charge in [-0.2, -0.15) is 0 Å². The molecule has 0 saturated carbocycles. The quantitative estimate of drug-likeness (QED) is 0.606. The molecule has 0 aliphatic carbocycles. The number of benzene rings is 2. The first-order valence-corrected chi connectivity index (χ1v) is 12.7. The topological polar surface area (TPSA) is 88.5 Å². The Kier molecular flexibility index (Phi) is 6.15. The van der Waals surface area contributed by atoms with Crippen LogP contribution in [-0.4, -0.2) is 36.9 Å². The highest BCUT2D eigenvalue weighted by Crippen LogP contribution is 2.24. The number of rotatable bonds is 6. The fourth-order valence-corrected chi connectivity index (χ4v) is 5.94. The van der Waals surface area contributed by atoms with Gasteiger partial charge >= 0.3 is 4.87 Å². The molecule has 0 unspecified atom stereocenters. The summed E-state index contributed by atoms with van der Waals surface area (Å²) in [5.41, 5.74) is 1.68. The Morgan fingerprint density at radius 2 is 1.77 bits per heavy atom. The van der Waals surface area contributed by atoms with Crippen LogP contribution in [0.3, 0.4) is 0 Å². The lowest BCUT2D eigenvalue weighted by Crippen LogP contribution is -2.35. The first kappa shape index (κ1) is 21.6. The lowest BCUT2D eigenvalue weighted by Gasteiger charge is -2.26. The monoisotopic (exact) mass is 459 g/mol. The number of hydrogen-bond acceptors (Lipinski definition) is 5. The Hall–Kier alpha value is -2.65. The molecule has 9 heteroatoms. The van der Waals surface area contributed by atoms with Crippen LogP contribution >= 0.6 is 11.3 Å². The smallest absolute Gasteiger partial charge is 0.308 e. The van der Waals surface area contributed by atoms with Crippen LogP contribution in [-0.2, 0) is 16.6 Å². The molecule has 2 aromatic carbocycles. The molecule has 4 rings (SSSR count). The number of nitrogens with one attached hydrogen (secondary N) is 1. The molecule has 31 heavy (non-hydrogen) atoms. The molecule has 3 aromatic rings. The minimum atomic E-state index is -3.82. The number of aromatic nitrogens is 1. The van der Waals surface area contributed by atoms with Crippen LogP contribution in [0.2, 0.25) is 0 Å². The number of amides is 1. The molecule has 1 aromatic heterocycles. The highest BCUT2D eigenvalue weighted by Gasteiger charge is 2.20. The van der Waals surface area contributed by atoms with Gasteiger partial charge in [0, 0.05) is 30.9 Å². The van der Waals surface area contributed by atoms with Crippen molar-refractivity contribution >= 4 is 43.2 Å².